The number of rotatable bonds is 1. The highest BCUT2D eigenvalue weighted by molar-refractivity contribution is 6.19. The SMILES string of the molecule is FC1=NC(F)=C(CCl)[CH]N1. The van der Waals surface area contributed by atoms with E-state index in [0.717, 1.165) is 6.54 Å². The van der Waals surface area contributed by atoms with Gasteiger partial charge in [-0.1, -0.05) is 0 Å². The molecule has 1 N–H and O–H groups in total. The summed E-state index contributed by atoms with van der Waals surface area (Å²) in [6.07, 6.45) is -0.952. The molecule has 0 aliphatic carbocycles. The van der Waals surface area contributed by atoms with Crippen molar-refractivity contribution in [3.05, 3.63) is 18.1 Å². The number of halogens is 3. The minimum Gasteiger partial charge on any atom is -0.337 e. The molecule has 0 unspecified atom stereocenters. The van der Waals surface area contributed by atoms with Crippen LogP contribution in [0, 0.1) is 6.54 Å². The molecule has 0 bridgehead atoms. The molecule has 0 aromatic carbocycles. The van der Waals surface area contributed by atoms with E-state index in [1.165, 1.54) is 0 Å². The summed E-state index contributed by atoms with van der Waals surface area (Å²) >= 11 is 5.26. The first-order valence-corrected chi connectivity index (χ1v) is 3.06. The zero-order valence-electron chi connectivity index (χ0n) is 4.87. The van der Waals surface area contributed by atoms with Crippen LogP contribution in [0.5, 0.6) is 0 Å². The minimum absolute atomic E-state index is 0.0182. The number of hydrogen-bond acceptors (Lipinski definition) is 2. The van der Waals surface area contributed by atoms with Crippen LogP contribution in [-0.2, 0) is 0 Å². The van der Waals surface area contributed by atoms with Crippen LogP contribution in [0.4, 0.5) is 8.78 Å². The van der Waals surface area contributed by atoms with Crippen molar-refractivity contribution < 1.29 is 8.78 Å². The summed E-state index contributed by atoms with van der Waals surface area (Å²) in [6, 6.07) is 0. The van der Waals surface area contributed by atoms with Crippen molar-refractivity contribution in [2.24, 2.45) is 4.99 Å². The van der Waals surface area contributed by atoms with Crippen molar-refractivity contribution in [3.8, 4) is 0 Å². The lowest BCUT2D eigenvalue weighted by atomic mass is 10.3. The standard InChI is InChI=1S/C5H4ClF2N2/c6-1-3-2-9-5(8)10-4(3)7/h2H,1H2,(H,9,10). The van der Waals surface area contributed by atoms with Crippen molar-refractivity contribution in [1.82, 2.24) is 5.32 Å². The molecular formula is C5H4ClF2N2. The summed E-state index contributed by atoms with van der Waals surface area (Å²) in [5.41, 5.74) is 0.156. The minimum atomic E-state index is -0.952. The zero-order valence-corrected chi connectivity index (χ0v) is 5.62. The highest BCUT2D eigenvalue weighted by atomic mass is 35.5. The Morgan fingerprint density at radius 2 is 2.30 bits per heavy atom. The quantitative estimate of drug-likeness (QED) is 0.462. The monoisotopic (exact) mass is 165 g/mol. The van der Waals surface area contributed by atoms with Crippen molar-refractivity contribution in [2.45, 2.75) is 0 Å². The number of amidine groups is 1. The Hall–Kier alpha value is -0.640. The molecule has 0 spiro atoms. The molecule has 1 aliphatic heterocycles. The molecule has 0 saturated carbocycles. The van der Waals surface area contributed by atoms with Crippen LogP contribution in [-0.4, -0.2) is 12.0 Å². The van der Waals surface area contributed by atoms with Gasteiger partial charge in [-0.15, -0.1) is 11.6 Å². The summed E-state index contributed by atoms with van der Waals surface area (Å²) in [7, 11) is 0. The first-order valence-electron chi connectivity index (χ1n) is 2.52. The van der Waals surface area contributed by atoms with E-state index in [4.69, 9.17) is 11.6 Å². The van der Waals surface area contributed by atoms with Gasteiger partial charge in [0.25, 0.3) is 6.09 Å². The molecule has 1 rings (SSSR count). The molecule has 10 heavy (non-hydrogen) atoms. The Bertz CT molecular complexity index is 200. The van der Waals surface area contributed by atoms with E-state index in [2.05, 4.69) is 10.3 Å². The van der Waals surface area contributed by atoms with Crippen LogP contribution in [0.3, 0.4) is 0 Å². The largest absolute Gasteiger partial charge is 0.337 e. The fourth-order valence-electron chi connectivity index (χ4n) is 0.490. The van der Waals surface area contributed by atoms with Gasteiger partial charge in [0.15, 0.2) is 0 Å². The van der Waals surface area contributed by atoms with E-state index in [1.54, 1.807) is 0 Å². The van der Waals surface area contributed by atoms with Crippen molar-refractivity contribution in [1.29, 1.82) is 0 Å². The average Bonchev–Trinajstić information content (AvgIpc) is 1.88. The molecule has 0 saturated heterocycles. The summed E-state index contributed by atoms with van der Waals surface area (Å²) in [5.74, 6) is -0.887. The molecule has 0 amide bonds. The van der Waals surface area contributed by atoms with Gasteiger partial charge in [-0.05, 0) is 0 Å². The predicted molar refractivity (Wildman–Crippen MR) is 34.8 cm³/mol. The van der Waals surface area contributed by atoms with E-state index in [0.29, 0.717) is 0 Å². The van der Waals surface area contributed by atoms with E-state index in [-0.39, 0.29) is 11.5 Å². The van der Waals surface area contributed by atoms with Gasteiger partial charge in [-0.2, -0.15) is 13.8 Å². The second kappa shape index (κ2) is 2.96. The third-order valence-corrected chi connectivity index (χ3v) is 1.26. The Kier molecular flexibility index (Phi) is 2.21. The maximum atomic E-state index is 12.4. The van der Waals surface area contributed by atoms with E-state index < -0.39 is 12.0 Å². The smallest absolute Gasteiger partial charge is 0.285 e. The Labute approximate surface area is 61.6 Å². The molecule has 1 heterocycles. The molecular weight excluding hydrogens is 162 g/mol. The molecule has 2 nitrogen and oxygen atoms in total. The second-order valence-electron chi connectivity index (χ2n) is 1.64. The first kappa shape index (κ1) is 7.47. The van der Waals surface area contributed by atoms with Crippen LogP contribution in [0.25, 0.3) is 0 Å². The molecule has 0 fully saturated rings. The lowest BCUT2D eigenvalue weighted by Crippen LogP contribution is -2.21. The van der Waals surface area contributed by atoms with E-state index >= 15 is 0 Å². The van der Waals surface area contributed by atoms with Crippen molar-refractivity contribution >= 4 is 17.7 Å². The summed E-state index contributed by atoms with van der Waals surface area (Å²) in [4.78, 5) is 2.87. The van der Waals surface area contributed by atoms with Gasteiger partial charge in [-0.3, -0.25) is 0 Å². The van der Waals surface area contributed by atoms with Crippen LogP contribution < -0.4 is 5.32 Å². The van der Waals surface area contributed by atoms with Crippen molar-refractivity contribution in [2.75, 3.05) is 5.88 Å². The van der Waals surface area contributed by atoms with Gasteiger partial charge in [0.1, 0.15) is 0 Å². The molecule has 0 aromatic rings. The van der Waals surface area contributed by atoms with Gasteiger partial charge < -0.3 is 5.32 Å². The van der Waals surface area contributed by atoms with Gasteiger partial charge in [0, 0.05) is 5.57 Å². The number of nitrogens with one attached hydrogen (secondary N) is 1. The van der Waals surface area contributed by atoms with Gasteiger partial charge in [0.05, 0.1) is 12.4 Å². The molecule has 5 heteroatoms. The maximum absolute atomic E-state index is 12.4. The van der Waals surface area contributed by atoms with Gasteiger partial charge in [-0.25, -0.2) is 0 Å². The molecule has 1 radical (unpaired) electrons. The number of alkyl halides is 1. The van der Waals surface area contributed by atoms with E-state index in [9.17, 15) is 8.78 Å². The normalized spacial score (nSPS) is 18.5. The third kappa shape index (κ3) is 1.44. The fourth-order valence-corrected chi connectivity index (χ4v) is 0.678. The van der Waals surface area contributed by atoms with Gasteiger partial charge >= 0.3 is 0 Å². The summed E-state index contributed by atoms with van der Waals surface area (Å²) in [5, 5.41) is 2.09. The Morgan fingerprint density at radius 3 is 2.80 bits per heavy atom. The van der Waals surface area contributed by atoms with Crippen LogP contribution in [0.1, 0.15) is 0 Å². The lowest BCUT2D eigenvalue weighted by Gasteiger charge is -2.08. The first-order chi connectivity index (χ1) is 4.74. The zero-order chi connectivity index (χ0) is 7.56. The van der Waals surface area contributed by atoms with Crippen LogP contribution >= 0.6 is 11.6 Å². The number of aliphatic imine (C=N–C) groups is 1. The van der Waals surface area contributed by atoms with E-state index in [1.807, 2.05) is 0 Å². The molecule has 55 valence electrons. The molecule has 1 aliphatic rings. The van der Waals surface area contributed by atoms with Crippen LogP contribution in [0.15, 0.2) is 16.5 Å². The number of hydrogen-bond donors (Lipinski definition) is 1. The highest BCUT2D eigenvalue weighted by Gasteiger charge is 2.12. The maximum Gasteiger partial charge on any atom is 0.285 e. The average molecular weight is 166 g/mol. The number of nitrogens with zero attached hydrogens (tertiary/aromatic N) is 1. The third-order valence-electron chi connectivity index (χ3n) is 0.971. The topological polar surface area (TPSA) is 24.4 Å². The summed E-state index contributed by atoms with van der Waals surface area (Å²) in [6.45, 7) is 1.14. The summed E-state index contributed by atoms with van der Waals surface area (Å²) < 4.78 is 24.4. The Morgan fingerprint density at radius 1 is 1.60 bits per heavy atom. The van der Waals surface area contributed by atoms with Crippen molar-refractivity contribution in [3.63, 3.8) is 0 Å². The lowest BCUT2D eigenvalue weighted by molar-refractivity contribution is 0.591. The second-order valence-corrected chi connectivity index (χ2v) is 1.91. The van der Waals surface area contributed by atoms with Crippen LogP contribution in [0.2, 0.25) is 0 Å². The fraction of sp³-hybridized carbons (Fsp3) is 0.200. The molecule has 0 aromatic heterocycles. The highest BCUT2D eigenvalue weighted by Crippen LogP contribution is 2.15. The predicted octanol–water partition coefficient (Wildman–Crippen LogP) is 1.50. The van der Waals surface area contributed by atoms with Gasteiger partial charge in [0.2, 0.25) is 5.95 Å². The molecule has 0 atom stereocenters. The Balaban J connectivity index is 2.80.